The number of fused-ring (bicyclic) bond motifs is 3. The van der Waals surface area contributed by atoms with E-state index in [9.17, 15) is 9.59 Å². The maximum atomic E-state index is 13.2. The number of benzene rings is 1. The molecule has 2 bridgehead atoms. The zero-order chi connectivity index (χ0) is 20.5. The van der Waals surface area contributed by atoms with Crippen LogP contribution in [0, 0.1) is 5.92 Å². The average molecular weight is 406 g/mol. The van der Waals surface area contributed by atoms with Gasteiger partial charge in [0.2, 0.25) is 0 Å². The second kappa shape index (κ2) is 7.87. The number of amides is 1. The van der Waals surface area contributed by atoms with Crippen molar-refractivity contribution in [3.63, 3.8) is 0 Å². The Morgan fingerprint density at radius 3 is 2.60 bits per heavy atom. The van der Waals surface area contributed by atoms with Crippen molar-refractivity contribution >= 4 is 17.5 Å². The van der Waals surface area contributed by atoms with E-state index in [4.69, 9.17) is 9.47 Å². The highest BCUT2D eigenvalue weighted by Gasteiger charge is 2.45. The molecule has 154 valence electrons. The van der Waals surface area contributed by atoms with Crippen molar-refractivity contribution in [3.8, 4) is 0 Å². The van der Waals surface area contributed by atoms with E-state index >= 15 is 0 Å². The molecule has 4 heterocycles. The predicted molar refractivity (Wildman–Crippen MR) is 107 cm³/mol. The smallest absolute Gasteiger partial charge is 0.410 e. The van der Waals surface area contributed by atoms with Crippen LogP contribution in [0.25, 0.3) is 5.65 Å². The zero-order valence-electron chi connectivity index (χ0n) is 16.4. The molecule has 2 atom stereocenters. The van der Waals surface area contributed by atoms with Crippen molar-refractivity contribution in [2.45, 2.75) is 31.5 Å². The minimum absolute atomic E-state index is 0.00963. The number of hydrogen-bond acceptors (Lipinski definition) is 6. The lowest BCUT2D eigenvalue weighted by molar-refractivity contribution is -0.0756. The molecule has 8 heteroatoms. The van der Waals surface area contributed by atoms with Gasteiger partial charge in [0.25, 0.3) is 0 Å². The van der Waals surface area contributed by atoms with E-state index < -0.39 is 0 Å². The molecule has 2 unspecified atom stereocenters. The number of rotatable bonds is 4. The molecular weight excluding hydrogens is 384 g/mol. The van der Waals surface area contributed by atoms with Gasteiger partial charge in [-0.05, 0) is 30.5 Å². The summed E-state index contributed by atoms with van der Waals surface area (Å²) in [7, 11) is 0. The van der Waals surface area contributed by atoms with E-state index in [0.717, 1.165) is 5.56 Å². The normalized spacial score (nSPS) is 23.3. The molecule has 0 N–H and O–H groups in total. The Labute approximate surface area is 173 Å². The molecule has 1 amide bonds. The van der Waals surface area contributed by atoms with E-state index in [0.29, 0.717) is 37.4 Å². The van der Waals surface area contributed by atoms with Crippen LogP contribution >= 0.6 is 0 Å². The number of aromatic nitrogens is 3. The van der Waals surface area contributed by atoms with E-state index in [1.165, 1.54) is 0 Å². The molecular formula is C22H22N4O4. The molecule has 0 spiro atoms. The van der Waals surface area contributed by atoms with E-state index in [1.54, 1.807) is 27.9 Å². The van der Waals surface area contributed by atoms with Crippen LogP contribution in [-0.2, 0) is 16.1 Å². The summed E-state index contributed by atoms with van der Waals surface area (Å²) in [5.41, 5.74) is 2.07. The highest BCUT2D eigenvalue weighted by atomic mass is 16.6. The third kappa shape index (κ3) is 3.43. The number of piperidine rings is 1. The fraction of sp³-hybridized carbons (Fsp3) is 0.364. The molecule has 2 saturated heterocycles. The molecule has 0 aliphatic carbocycles. The first-order valence-electron chi connectivity index (χ1n) is 10.1. The molecule has 3 aromatic rings. The SMILES string of the molecule is O=C(c1cnc2cccnn12)C1CC2COCC(C1)N2C(=O)OCc1ccccc1. The Morgan fingerprint density at radius 1 is 1.07 bits per heavy atom. The maximum Gasteiger partial charge on any atom is 0.410 e. The minimum Gasteiger partial charge on any atom is -0.445 e. The van der Waals surface area contributed by atoms with Crippen LogP contribution in [0.1, 0.15) is 28.9 Å². The largest absolute Gasteiger partial charge is 0.445 e. The lowest BCUT2D eigenvalue weighted by Gasteiger charge is -2.47. The molecule has 2 fully saturated rings. The number of ether oxygens (including phenoxy) is 2. The summed E-state index contributed by atoms with van der Waals surface area (Å²) in [6.07, 6.45) is 3.95. The molecule has 8 nitrogen and oxygen atoms in total. The number of nitrogens with zero attached hydrogens (tertiary/aromatic N) is 4. The summed E-state index contributed by atoms with van der Waals surface area (Å²) in [6, 6.07) is 12.8. The molecule has 5 rings (SSSR count). The fourth-order valence-corrected chi connectivity index (χ4v) is 4.43. The molecule has 0 saturated carbocycles. The third-order valence-corrected chi connectivity index (χ3v) is 5.84. The van der Waals surface area contributed by atoms with Gasteiger partial charge in [0.05, 0.1) is 31.5 Å². The van der Waals surface area contributed by atoms with Gasteiger partial charge in [0.1, 0.15) is 12.3 Å². The quantitative estimate of drug-likeness (QED) is 0.620. The molecule has 2 aromatic heterocycles. The number of Topliss-reactive ketones (excluding diaryl/α,β-unsaturated/α-hetero) is 1. The van der Waals surface area contributed by atoms with Gasteiger partial charge in [0, 0.05) is 12.1 Å². The molecule has 2 aliphatic heterocycles. The Balaban J connectivity index is 1.30. The van der Waals surface area contributed by atoms with Crippen LogP contribution in [0.3, 0.4) is 0 Å². The van der Waals surface area contributed by atoms with Crippen molar-refractivity contribution in [1.29, 1.82) is 0 Å². The van der Waals surface area contributed by atoms with Crippen molar-refractivity contribution in [2.75, 3.05) is 13.2 Å². The fourth-order valence-electron chi connectivity index (χ4n) is 4.43. The standard InChI is InChI=1S/C22H22N4O4/c27-21(19-11-23-20-7-4-8-24-26(19)20)16-9-17-13-29-14-18(10-16)25(17)22(28)30-12-15-5-2-1-3-6-15/h1-8,11,16-18H,9-10,12-14H2. The van der Waals surface area contributed by atoms with Crippen LogP contribution in [0.2, 0.25) is 0 Å². The van der Waals surface area contributed by atoms with E-state index in [2.05, 4.69) is 10.1 Å². The Hall–Kier alpha value is -3.26. The topological polar surface area (TPSA) is 86.0 Å². The second-order valence-electron chi connectivity index (χ2n) is 7.76. The molecule has 0 radical (unpaired) electrons. The summed E-state index contributed by atoms with van der Waals surface area (Å²) in [4.78, 5) is 32.1. The molecule has 30 heavy (non-hydrogen) atoms. The Morgan fingerprint density at radius 2 is 1.83 bits per heavy atom. The number of carbonyl (C=O) groups excluding carboxylic acids is 2. The van der Waals surface area contributed by atoms with Crippen molar-refractivity contribution in [2.24, 2.45) is 5.92 Å². The summed E-state index contributed by atoms with van der Waals surface area (Å²) in [6.45, 7) is 1.05. The van der Waals surface area contributed by atoms with Gasteiger partial charge in [-0.1, -0.05) is 30.3 Å². The van der Waals surface area contributed by atoms with Crippen LogP contribution in [-0.4, -0.2) is 56.7 Å². The predicted octanol–water partition coefficient (Wildman–Crippen LogP) is 2.73. The minimum atomic E-state index is -0.348. The van der Waals surface area contributed by atoms with Crippen LogP contribution < -0.4 is 0 Å². The maximum absolute atomic E-state index is 13.2. The monoisotopic (exact) mass is 406 g/mol. The first-order chi connectivity index (χ1) is 14.7. The van der Waals surface area contributed by atoms with Crippen molar-refractivity contribution in [1.82, 2.24) is 19.5 Å². The number of ketones is 1. The van der Waals surface area contributed by atoms with Gasteiger partial charge in [-0.2, -0.15) is 5.10 Å². The number of morpholine rings is 1. The number of imidazole rings is 1. The van der Waals surface area contributed by atoms with E-state index in [1.807, 2.05) is 36.4 Å². The third-order valence-electron chi connectivity index (χ3n) is 5.84. The van der Waals surface area contributed by atoms with E-state index in [-0.39, 0.29) is 36.5 Å². The highest BCUT2D eigenvalue weighted by Crippen LogP contribution is 2.34. The summed E-state index contributed by atoms with van der Waals surface area (Å²) < 4.78 is 12.8. The summed E-state index contributed by atoms with van der Waals surface area (Å²) >= 11 is 0. The van der Waals surface area contributed by atoms with Gasteiger partial charge >= 0.3 is 6.09 Å². The number of hydrogen-bond donors (Lipinski definition) is 0. The molecule has 1 aromatic carbocycles. The Kier molecular flexibility index (Phi) is 4.92. The van der Waals surface area contributed by atoms with Gasteiger partial charge < -0.3 is 9.47 Å². The van der Waals surface area contributed by atoms with Crippen molar-refractivity contribution in [3.05, 3.63) is 66.1 Å². The molecule has 2 aliphatic rings. The number of carbonyl (C=O) groups is 2. The first kappa shape index (κ1) is 18.7. The van der Waals surface area contributed by atoms with Gasteiger partial charge in [-0.25, -0.2) is 14.3 Å². The lowest BCUT2D eigenvalue weighted by atomic mass is 9.82. The lowest BCUT2D eigenvalue weighted by Crippen LogP contribution is -2.60. The highest BCUT2D eigenvalue weighted by molar-refractivity contribution is 5.97. The van der Waals surface area contributed by atoms with Crippen LogP contribution in [0.4, 0.5) is 4.79 Å². The first-order valence-corrected chi connectivity index (χ1v) is 10.1. The summed E-state index contributed by atoms with van der Waals surface area (Å²) in [5.74, 6) is -0.195. The van der Waals surface area contributed by atoms with Gasteiger partial charge in [-0.3, -0.25) is 9.69 Å². The van der Waals surface area contributed by atoms with Gasteiger partial charge in [0.15, 0.2) is 11.4 Å². The van der Waals surface area contributed by atoms with Crippen LogP contribution in [0.5, 0.6) is 0 Å². The zero-order valence-corrected chi connectivity index (χ0v) is 16.4. The average Bonchev–Trinajstić information content (AvgIpc) is 3.21. The Bertz CT molecular complexity index is 1050. The second-order valence-corrected chi connectivity index (χ2v) is 7.76. The van der Waals surface area contributed by atoms with Crippen molar-refractivity contribution < 1.29 is 19.1 Å². The van der Waals surface area contributed by atoms with Gasteiger partial charge in [-0.15, -0.1) is 0 Å². The summed E-state index contributed by atoms with van der Waals surface area (Å²) in [5, 5.41) is 4.25. The van der Waals surface area contributed by atoms with Crippen LogP contribution in [0.15, 0.2) is 54.9 Å².